The Morgan fingerprint density at radius 3 is 2.81 bits per heavy atom. The smallest absolute Gasteiger partial charge is 0.217 e. The molecule has 110 valence electrons. The number of hydrogen-bond donors (Lipinski definition) is 1. The van der Waals surface area contributed by atoms with Gasteiger partial charge in [0.2, 0.25) is 5.91 Å². The topological polar surface area (TPSA) is 46.2 Å². The Morgan fingerprint density at radius 2 is 2.10 bits per heavy atom. The van der Waals surface area contributed by atoms with E-state index in [0.717, 1.165) is 19.1 Å². The molecule has 1 N–H and O–H groups in total. The van der Waals surface area contributed by atoms with E-state index in [1.165, 1.54) is 30.0 Å². The molecule has 21 heavy (non-hydrogen) atoms. The highest BCUT2D eigenvalue weighted by Crippen LogP contribution is 2.24. The van der Waals surface area contributed by atoms with Gasteiger partial charge >= 0.3 is 0 Å². The summed E-state index contributed by atoms with van der Waals surface area (Å²) in [6.07, 6.45) is 0. The van der Waals surface area contributed by atoms with E-state index in [1.807, 2.05) is 36.4 Å². The SMILES string of the molecule is CC(=O)NCc1ccc(C(=O)CSc2cccc(Br)c2)s1. The summed E-state index contributed by atoms with van der Waals surface area (Å²) >= 11 is 6.37. The third kappa shape index (κ3) is 5.30. The maximum atomic E-state index is 12.1. The van der Waals surface area contributed by atoms with Crippen LogP contribution < -0.4 is 5.32 Å². The molecule has 0 aliphatic rings. The van der Waals surface area contributed by atoms with Gasteiger partial charge in [-0.05, 0) is 30.3 Å². The molecule has 0 saturated heterocycles. The number of halogens is 1. The lowest BCUT2D eigenvalue weighted by Gasteiger charge is -2.01. The molecule has 1 amide bonds. The van der Waals surface area contributed by atoms with E-state index in [4.69, 9.17) is 0 Å². The number of Topliss-reactive ketones (excluding diaryl/α,β-unsaturated/α-hetero) is 1. The van der Waals surface area contributed by atoms with Gasteiger partial charge in [-0.15, -0.1) is 23.1 Å². The largest absolute Gasteiger partial charge is 0.351 e. The van der Waals surface area contributed by atoms with Gasteiger partial charge in [-0.25, -0.2) is 0 Å². The van der Waals surface area contributed by atoms with E-state index in [1.54, 1.807) is 0 Å². The summed E-state index contributed by atoms with van der Waals surface area (Å²) in [5.41, 5.74) is 0. The maximum Gasteiger partial charge on any atom is 0.217 e. The number of thioether (sulfide) groups is 1. The normalized spacial score (nSPS) is 10.4. The van der Waals surface area contributed by atoms with E-state index in [-0.39, 0.29) is 11.7 Å². The van der Waals surface area contributed by atoms with Gasteiger partial charge in [0.15, 0.2) is 5.78 Å². The number of hydrogen-bond acceptors (Lipinski definition) is 4. The minimum Gasteiger partial charge on any atom is -0.351 e. The Kier molecular flexibility index (Phi) is 6.02. The number of carbonyl (C=O) groups excluding carboxylic acids is 2. The molecule has 0 spiro atoms. The summed E-state index contributed by atoms with van der Waals surface area (Å²) in [6.45, 7) is 1.96. The lowest BCUT2D eigenvalue weighted by atomic mass is 10.3. The molecule has 0 radical (unpaired) electrons. The third-order valence-electron chi connectivity index (χ3n) is 2.61. The van der Waals surface area contributed by atoms with Crippen LogP contribution in [0.3, 0.4) is 0 Å². The molecule has 0 fully saturated rings. The van der Waals surface area contributed by atoms with Gasteiger partial charge in [0.25, 0.3) is 0 Å². The molecule has 1 aromatic heterocycles. The zero-order valence-electron chi connectivity index (χ0n) is 11.4. The van der Waals surface area contributed by atoms with E-state index in [0.29, 0.717) is 12.3 Å². The number of rotatable bonds is 6. The molecule has 6 heteroatoms. The molecule has 0 aliphatic heterocycles. The Balaban J connectivity index is 1.90. The van der Waals surface area contributed by atoms with Crippen molar-refractivity contribution in [1.82, 2.24) is 5.32 Å². The number of nitrogens with one attached hydrogen (secondary N) is 1. The van der Waals surface area contributed by atoms with Crippen molar-refractivity contribution in [2.75, 3.05) is 5.75 Å². The van der Waals surface area contributed by atoms with Crippen molar-refractivity contribution in [3.05, 3.63) is 50.6 Å². The van der Waals surface area contributed by atoms with E-state index < -0.39 is 0 Å². The fraction of sp³-hybridized carbons (Fsp3) is 0.200. The highest BCUT2D eigenvalue weighted by atomic mass is 79.9. The van der Waals surface area contributed by atoms with Gasteiger partial charge in [-0.2, -0.15) is 0 Å². The molecule has 2 aromatic rings. The van der Waals surface area contributed by atoms with Crippen LogP contribution in [0.25, 0.3) is 0 Å². The number of benzene rings is 1. The van der Waals surface area contributed by atoms with Crippen molar-refractivity contribution < 1.29 is 9.59 Å². The van der Waals surface area contributed by atoms with Crippen molar-refractivity contribution in [3.8, 4) is 0 Å². The van der Waals surface area contributed by atoms with Gasteiger partial charge < -0.3 is 5.32 Å². The van der Waals surface area contributed by atoms with Crippen LogP contribution in [-0.4, -0.2) is 17.4 Å². The van der Waals surface area contributed by atoms with Crippen LogP contribution in [0.2, 0.25) is 0 Å². The van der Waals surface area contributed by atoms with Gasteiger partial charge in [0.05, 0.1) is 17.2 Å². The van der Waals surface area contributed by atoms with Crippen molar-refractivity contribution in [1.29, 1.82) is 0 Å². The summed E-state index contributed by atoms with van der Waals surface area (Å²) < 4.78 is 1.01. The molecule has 3 nitrogen and oxygen atoms in total. The van der Waals surface area contributed by atoms with Crippen LogP contribution in [0.4, 0.5) is 0 Å². The second kappa shape index (κ2) is 7.77. The first-order valence-electron chi connectivity index (χ1n) is 6.29. The quantitative estimate of drug-likeness (QED) is 0.602. The molecule has 1 heterocycles. The minimum absolute atomic E-state index is 0.0681. The predicted molar refractivity (Wildman–Crippen MR) is 91.0 cm³/mol. The van der Waals surface area contributed by atoms with Gasteiger partial charge in [0.1, 0.15) is 0 Å². The number of thiophene rings is 1. The Labute approximate surface area is 140 Å². The molecule has 0 unspecified atom stereocenters. The van der Waals surface area contributed by atoms with Gasteiger partial charge in [-0.3, -0.25) is 9.59 Å². The molecule has 1 aromatic carbocycles. The van der Waals surface area contributed by atoms with Gasteiger partial charge in [-0.1, -0.05) is 22.0 Å². The highest BCUT2D eigenvalue weighted by Gasteiger charge is 2.10. The predicted octanol–water partition coefficient (Wildman–Crippen LogP) is 4.12. The Bertz CT molecular complexity index is 655. The summed E-state index contributed by atoms with van der Waals surface area (Å²) in [5, 5.41) is 2.73. The van der Waals surface area contributed by atoms with Crippen molar-refractivity contribution in [2.24, 2.45) is 0 Å². The Morgan fingerprint density at radius 1 is 1.29 bits per heavy atom. The van der Waals surface area contributed by atoms with Crippen LogP contribution in [0.15, 0.2) is 45.8 Å². The van der Waals surface area contributed by atoms with Crippen molar-refractivity contribution in [2.45, 2.75) is 18.4 Å². The first-order valence-corrected chi connectivity index (χ1v) is 8.89. The van der Waals surface area contributed by atoms with Crippen LogP contribution in [0.5, 0.6) is 0 Å². The molecule has 0 saturated carbocycles. The Hall–Kier alpha value is -1.11. The minimum atomic E-state index is -0.0681. The van der Waals surface area contributed by atoms with E-state index >= 15 is 0 Å². The second-order valence-electron chi connectivity index (χ2n) is 4.34. The zero-order valence-corrected chi connectivity index (χ0v) is 14.6. The molecule has 0 aliphatic carbocycles. The lowest BCUT2D eigenvalue weighted by molar-refractivity contribution is -0.119. The zero-order chi connectivity index (χ0) is 15.2. The number of amides is 1. The standard InChI is InChI=1S/C15H14BrNO2S2/c1-10(18)17-8-13-5-6-15(21-13)14(19)9-20-12-4-2-3-11(16)7-12/h2-7H,8-9H2,1H3,(H,17,18). The summed E-state index contributed by atoms with van der Waals surface area (Å²) in [7, 11) is 0. The third-order valence-corrected chi connectivity index (χ3v) is 5.23. The molecular formula is C15H14BrNO2S2. The summed E-state index contributed by atoms with van der Waals surface area (Å²) in [6, 6.07) is 11.6. The molecular weight excluding hydrogens is 370 g/mol. The van der Waals surface area contributed by atoms with Crippen molar-refractivity contribution >= 4 is 50.7 Å². The van der Waals surface area contributed by atoms with E-state index in [9.17, 15) is 9.59 Å². The van der Waals surface area contributed by atoms with Crippen LogP contribution >= 0.6 is 39.0 Å². The molecule has 0 atom stereocenters. The first-order chi connectivity index (χ1) is 10.0. The van der Waals surface area contributed by atoms with Crippen LogP contribution in [0.1, 0.15) is 21.5 Å². The lowest BCUT2D eigenvalue weighted by Crippen LogP contribution is -2.18. The second-order valence-corrected chi connectivity index (χ2v) is 7.48. The highest BCUT2D eigenvalue weighted by molar-refractivity contribution is 9.10. The average Bonchev–Trinajstić information content (AvgIpc) is 2.91. The fourth-order valence-electron chi connectivity index (χ4n) is 1.61. The maximum absolute atomic E-state index is 12.1. The van der Waals surface area contributed by atoms with Crippen molar-refractivity contribution in [3.63, 3.8) is 0 Å². The summed E-state index contributed by atoms with van der Waals surface area (Å²) in [5.74, 6) is 0.455. The molecule has 0 bridgehead atoms. The van der Waals surface area contributed by atoms with E-state index in [2.05, 4.69) is 21.2 Å². The average molecular weight is 384 g/mol. The number of ketones is 1. The van der Waals surface area contributed by atoms with Crippen LogP contribution in [0, 0.1) is 0 Å². The fourth-order valence-corrected chi connectivity index (χ4v) is 3.98. The van der Waals surface area contributed by atoms with Crippen LogP contribution in [-0.2, 0) is 11.3 Å². The monoisotopic (exact) mass is 383 g/mol. The van der Waals surface area contributed by atoms with Gasteiger partial charge in [0, 0.05) is 21.2 Å². The molecule has 2 rings (SSSR count). The summed E-state index contributed by atoms with van der Waals surface area (Å²) in [4.78, 5) is 25.8. The number of carbonyl (C=O) groups is 2. The first kappa shape index (κ1) is 16.3.